The normalized spacial score (nSPS) is 15.2. The Morgan fingerprint density at radius 3 is 2.75 bits per heavy atom. The molecule has 6 heteroatoms. The molecule has 24 heavy (non-hydrogen) atoms. The van der Waals surface area contributed by atoms with Gasteiger partial charge in [0, 0.05) is 16.1 Å². The second-order valence-corrected chi connectivity index (χ2v) is 6.25. The Morgan fingerprint density at radius 1 is 1.21 bits per heavy atom. The topological polar surface area (TPSA) is 63.0 Å². The quantitative estimate of drug-likeness (QED) is 0.738. The predicted octanol–water partition coefficient (Wildman–Crippen LogP) is 1.71. The Hall–Kier alpha value is -2.08. The number of phenolic OH excluding ortho intramolecular Hbond substituents is 1. The summed E-state index contributed by atoms with van der Waals surface area (Å²) < 4.78 is 5.38. The van der Waals surface area contributed by atoms with Gasteiger partial charge in [0.1, 0.15) is 25.4 Å². The number of phenols is 1. The van der Waals surface area contributed by atoms with Gasteiger partial charge in [-0.05, 0) is 24.3 Å². The summed E-state index contributed by atoms with van der Waals surface area (Å²) in [6.45, 7) is 4.14. The molecule has 5 nitrogen and oxygen atoms in total. The number of carbonyl (C=O) groups is 1. The van der Waals surface area contributed by atoms with Crippen molar-refractivity contribution in [2.75, 3.05) is 31.6 Å². The van der Waals surface area contributed by atoms with Crippen LogP contribution in [0.4, 0.5) is 5.69 Å². The van der Waals surface area contributed by atoms with Gasteiger partial charge in [0.2, 0.25) is 0 Å². The van der Waals surface area contributed by atoms with Crippen LogP contribution in [0.2, 0.25) is 5.02 Å². The fraction of sp³-hybridized carbons (Fsp3) is 0.278. The van der Waals surface area contributed by atoms with Crippen LogP contribution < -0.4 is 10.2 Å². The van der Waals surface area contributed by atoms with Crippen LogP contribution in [0.3, 0.4) is 0 Å². The van der Waals surface area contributed by atoms with Crippen LogP contribution in [-0.2, 0) is 11.3 Å². The second-order valence-electron chi connectivity index (χ2n) is 5.81. The minimum atomic E-state index is -0.254. The maximum atomic E-state index is 12.6. The minimum Gasteiger partial charge on any atom is -0.506 e. The second kappa shape index (κ2) is 7.66. The van der Waals surface area contributed by atoms with E-state index >= 15 is 0 Å². The van der Waals surface area contributed by atoms with Gasteiger partial charge in [0.25, 0.3) is 5.91 Å². The molecule has 1 saturated heterocycles. The van der Waals surface area contributed by atoms with E-state index in [1.807, 2.05) is 18.2 Å². The number of rotatable bonds is 4. The first-order valence-corrected chi connectivity index (χ1v) is 8.30. The molecular weight excluding hydrogens is 328 g/mol. The van der Waals surface area contributed by atoms with Crippen molar-refractivity contribution in [2.24, 2.45) is 0 Å². The van der Waals surface area contributed by atoms with Crippen LogP contribution >= 0.6 is 11.6 Å². The van der Waals surface area contributed by atoms with Crippen molar-refractivity contribution in [3.8, 4) is 5.75 Å². The maximum Gasteiger partial charge on any atom is 0.256 e. The standard InChI is InChI=1S/C18H19ClN2O3/c19-14-5-6-17(22)16(11-14)20-18(23)15-4-2-1-3-13(15)12-21-7-9-24-10-8-21/h1-6,11,22H,7-10,12H2,(H,20,23)/p+1. The molecule has 1 aliphatic heterocycles. The van der Waals surface area contributed by atoms with E-state index in [1.54, 1.807) is 12.1 Å². The number of carbonyl (C=O) groups excluding carboxylic acids is 1. The number of amides is 1. The summed E-state index contributed by atoms with van der Waals surface area (Å²) >= 11 is 5.93. The summed E-state index contributed by atoms with van der Waals surface area (Å²) in [4.78, 5) is 14.0. The highest BCUT2D eigenvalue weighted by Crippen LogP contribution is 2.27. The van der Waals surface area contributed by atoms with Gasteiger partial charge in [-0.3, -0.25) is 4.79 Å². The van der Waals surface area contributed by atoms with Gasteiger partial charge < -0.3 is 20.1 Å². The van der Waals surface area contributed by atoms with Gasteiger partial charge in [-0.2, -0.15) is 0 Å². The maximum absolute atomic E-state index is 12.6. The van der Waals surface area contributed by atoms with Crippen molar-refractivity contribution >= 4 is 23.2 Å². The molecule has 0 radical (unpaired) electrons. The number of hydrogen-bond donors (Lipinski definition) is 3. The number of nitrogens with one attached hydrogen (secondary N) is 2. The van der Waals surface area contributed by atoms with Gasteiger partial charge in [-0.1, -0.05) is 29.8 Å². The molecule has 126 valence electrons. The van der Waals surface area contributed by atoms with Crippen LogP contribution in [0, 0.1) is 0 Å². The summed E-state index contributed by atoms with van der Waals surface area (Å²) in [5.41, 5.74) is 1.89. The molecule has 0 aliphatic carbocycles. The van der Waals surface area contributed by atoms with E-state index in [0.717, 1.165) is 38.4 Å². The van der Waals surface area contributed by atoms with E-state index in [9.17, 15) is 9.90 Å². The molecule has 3 N–H and O–H groups in total. The Labute approximate surface area is 145 Å². The first-order chi connectivity index (χ1) is 11.6. The van der Waals surface area contributed by atoms with Gasteiger partial charge in [0.05, 0.1) is 18.9 Å². The lowest BCUT2D eigenvalue weighted by molar-refractivity contribution is -0.921. The van der Waals surface area contributed by atoms with Crippen molar-refractivity contribution in [3.05, 3.63) is 58.6 Å². The number of hydrogen-bond acceptors (Lipinski definition) is 3. The molecule has 2 aromatic rings. The van der Waals surface area contributed by atoms with Gasteiger partial charge in [-0.15, -0.1) is 0 Å². The molecule has 0 saturated carbocycles. The van der Waals surface area contributed by atoms with Crippen molar-refractivity contribution in [3.63, 3.8) is 0 Å². The number of anilines is 1. The average molecular weight is 348 g/mol. The Morgan fingerprint density at radius 2 is 1.96 bits per heavy atom. The van der Waals surface area contributed by atoms with Crippen molar-refractivity contribution in [2.45, 2.75) is 6.54 Å². The van der Waals surface area contributed by atoms with Crippen LogP contribution in [0.15, 0.2) is 42.5 Å². The molecule has 1 heterocycles. The Bertz CT molecular complexity index is 730. The molecule has 3 rings (SSSR count). The van der Waals surface area contributed by atoms with Crippen molar-refractivity contribution in [1.82, 2.24) is 0 Å². The molecule has 1 aliphatic rings. The summed E-state index contributed by atoms with van der Waals surface area (Å²) in [7, 11) is 0. The number of ether oxygens (including phenoxy) is 1. The Balaban J connectivity index is 1.78. The van der Waals surface area contributed by atoms with E-state index in [0.29, 0.717) is 16.3 Å². The SMILES string of the molecule is O=C(Nc1cc(Cl)ccc1O)c1ccccc1C[NH+]1CCOCC1. The summed E-state index contributed by atoms with van der Waals surface area (Å²) in [5.74, 6) is -0.264. The third-order valence-electron chi connectivity index (χ3n) is 4.11. The first-order valence-electron chi connectivity index (χ1n) is 7.92. The molecule has 1 fully saturated rings. The van der Waals surface area contributed by atoms with Gasteiger partial charge in [-0.25, -0.2) is 0 Å². The van der Waals surface area contributed by atoms with E-state index in [1.165, 1.54) is 17.0 Å². The Kier molecular flexibility index (Phi) is 5.35. The van der Waals surface area contributed by atoms with E-state index in [-0.39, 0.29) is 11.7 Å². The van der Waals surface area contributed by atoms with E-state index in [2.05, 4.69) is 5.32 Å². The van der Waals surface area contributed by atoms with Crippen LogP contribution in [0.5, 0.6) is 5.75 Å². The molecule has 1 amide bonds. The predicted molar refractivity (Wildman–Crippen MR) is 92.7 cm³/mol. The molecule has 0 spiro atoms. The number of morpholine rings is 1. The lowest BCUT2D eigenvalue weighted by Gasteiger charge is -2.24. The zero-order valence-electron chi connectivity index (χ0n) is 13.2. The van der Waals surface area contributed by atoms with Gasteiger partial charge in [0.15, 0.2) is 0 Å². The molecular formula is C18H20ClN2O3+. The lowest BCUT2D eigenvalue weighted by Crippen LogP contribution is -3.12. The fourth-order valence-electron chi connectivity index (χ4n) is 2.80. The molecule has 0 atom stereocenters. The smallest absolute Gasteiger partial charge is 0.256 e. The zero-order chi connectivity index (χ0) is 16.9. The van der Waals surface area contributed by atoms with Crippen LogP contribution in [-0.4, -0.2) is 37.3 Å². The minimum absolute atomic E-state index is 0.0102. The third-order valence-corrected chi connectivity index (χ3v) is 4.34. The highest BCUT2D eigenvalue weighted by atomic mass is 35.5. The monoisotopic (exact) mass is 347 g/mol. The number of halogens is 1. The number of aromatic hydroxyl groups is 1. The molecule has 0 unspecified atom stereocenters. The van der Waals surface area contributed by atoms with Crippen molar-refractivity contribution in [1.29, 1.82) is 0 Å². The van der Waals surface area contributed by atoms with E-state index < -0.39 is 0 Å². The fourth-order valence-corrected chi connectivity index (χ4v) is 2.97. The molecule has 2 aromatic carbocycles. The highest BCUT2D eigenvalue weighted by Gasteiger charge is 2.19. The first kappa shape index (κ1) is 16.8. The molecule has 0 aromatic heterocycles. The molecule has 0 bridgehead atoms. The number of quaternary nitrogens is 1. The largest absolute Gasteiger partial charge is 0.506 e. The number of benzene rings is 2. The summed E-state index contributed by atoms with van der Waals surface area (Å²) in [6, 6.07) is 12.1. The third kappa shape index (κ3) is 4.06. The highest BCUT2D eigenvalue weighted by molar-refractivity contribution is 6.31. The van der Waals surface area contributed by atoms with Crippen molar-refractivity contribution < 1.29 is 19.5 Å². The average Bonchev–Trinajstić information content (AvgIpc) is 2.59. The van der Waals surface area contributed by atoms with Crippen LogP contribution in [0.25, 0.3) is 0 Å². The summed E-state index contributed by atoms with van der Waals surface area (Å²) in [5, 5.41) is 13.1. The van der Waals surface area contributed by atoms with Crippen LogP contribution in [0.1, 0.15) is 15.9 Å². The lowest BCUT2D eigenvalue weighted by atomic mass is 10.1. The zero-order valence-corrected chi connectivity index (χ0v) is 14.0. The van der Waals surface area contributed by atoms with E-state index in [4.69, 9.17) is 16.3 Å². The summed E-state index contributed by atoms with van der Waals surface area (Å²) in [6.07, 6.45) is 0. The van der Waals surface area contributed by atoms with Gasteiger partial charge >= 0.3 is 0 Å².